The number of phenols is 1. The van der Waals surface area contributed by atoms with Crippen LogP contribution in [-0.2, 0) is 22.7 Å². The highest BCUT2D eigenvalue weighted by Gasteiger charge is 2.19. The molecule has 1 heterocycles. The van der Waals surface area contributed by atoms with E-state index in [1.54, 1.807) is 19.1 Å². The number of halogens is 1. The van der Waals surface area contributed by atoms with E-state index in [0.717, 1.165) is 18.8 Å². The summed E-state index contributed by atoms with van der Waals surface area (Å²) >= 11 is 3.38. The number of pyridine rings is 1. The highest BCUT2D eigenvalue weighted by atomic mass is 79.9. The van der Waals surface area contributed by atoms with Crippen LogP contribution in [0.15, 0.2) is 32.6 Å². The molecule has 0 atom stereocenters. The highest BCUT2D eigenvalue weighted by molar-refractivity contribution is 9.10. The molecule has 1 aromatic heterocycles. The van der Waals surface area contributed by atoms with Gasteiger partial charge in [-0.3, -0.25) is 9.59 Å². The van der Waals surface area contributed by atoms with Gasteiger partial charge in [0, 0.05) is 53.2 Å². The quantitative estimate of drug-likeness (QED) is 0.400. The number of hydrogen-bond donors (Lipinski definition) is 2. The molecule has 2 rings (SSSR count). The average Bonchev–Trinajstić information content (AvgIpc) is 2.77. The van der Waals surface area contributed by atoms with Gasteiger partial charge in [-0.15, -0.1) is 0 Å². The summed E-state index contributed by atoms with van der Waals surface area (Å²) in [6.07, 6.45) is 1.33. The highest BCUT2D eigenvalue weighted by Crippen LogP contribution is 2.24. The minimum atomic E-state index is -0.580. The van der Waals surface area contributed by atoms with Crippen LogP contribution < -0.4 is 15.9 Å². The van der Waals surface area contributed by atoms with E-state index in [2.05, 4.69) is 31.4 Å². The van der Waals surface area contributed by atoms with Crippen LogP contribution in [-0.4, -0.2) is 42.0 Å². The Morgan fingerprint density at radius 2 is 2.09 bits per heavy atom. The summed E-state index contributed by atoms with van der Waals surface area (Å²) in [5, 5.41) is 23.5. The van der Waals surface area contributed by atoms with Crippen molar-refractivity contribution >= 4 is 33.7 Å². The monoisotopic (exact) mass is 503 g/mol. The number of methoxy groups -OCH3 is 1. The Morgan fingerprint density at radius 3 is 2.66 bits per heavy atom. The molecule has 0 aliphatic rings. The van der Waals surface area contributed by atoms with Gasteiger partial charge in [-0.05, 0) is 48.8 Å². The number of aromatic nitrogens is 1. The molecular formula is C22H26BrN5O4. The molecule has 10 heteroatoms. The van der Waals surface area contributed by atoms with Gasteiger partial charge in [0.25, 0.3) is 11.5 Å². The number of nitrogens with zero attached hydrogens (tertiary/aromatic N) is 4. The zero-order valence-electron chi connectivity index (χ0n) is 18.5. The van der Waals surface area contributed by atoms with Gasteiger partial charge in [0.15, 0.2) is 0 Å². The van der Waals surface area contributed by atoms with Crippen molar-refractivity contribution < 1.29 is 14.6 Å². The van der Waals surface area contributed by atoms with E-state index in [1.165, 1.54) is 17.9 Å². The molecule has 0 spiro atoms. The standard InChI is InChI=1S/C22H26BrN5O4/c1-5-27(6-2)16-8-7-15(19(29)9-16)11-25-26-20(30)12-28-14(3)21(23)18(13-32-4)17(10-24)22(28)31/h7-9,11,29H,5-6,12-13H2,1-4H3,(H,26,30)/b25-11-. The lowest BCUT2D eigenvalue weighted by Crippen LogP contribution is -2.33. The predicted molar refractivity (Wildman–Crippen MR) is 126 cm³/mol. The molecule has 1 amide bonds. The van der Waals surface area contributed by atoms with Crippen molar-refractivity contribution in [1.29, 1.82) is 5.26 Å². The molecule has 9 nitrogen and oxygen atoms in total. The number of hydrazone groups is 1. The number of nitriles is 1. The molecule has 0 bridgehead atoms. The molecule has 1 aromatic carbocycles. The molecular weight excluding hydrogens is 478 g/mol. The third-order valence-corrected chi connectivity index (χ3v) is 6.04. The Labute approximate surface area is 195 Å². The maximum absolute atomic E-state index is 12.7. The first kappa shape index (κ1) is 25.1. The van der Waals surface area contributed by atoms with Gasteiger partial charge < -0.3 is 19.3 Å². The van der Waals surface area contributed by atoms with Crippen LogP contribution in [0.25, 0.3) is 0 Å². The van der Waals surface area contributed by atoms with Crippen LogP contribution in [0.3, 0.4) is 0 Å². The second-order valence-corrected chi connectivity index (χ2v) is 7.69. The molecule has 0 fully saturated rings. The average molecular weight is 504 g/mol. The van der Waals surface area contributed by atoms with Crippen LogP contribution in [0.1, 0.15) is 36.2 Å². The lowest BCUT2D eigenvalue weighted by Gasteiger charge is -2.21. The van der Waals surface area contributed by atoms with Gasteiger partial charge in [-0.1, -0.05) is 0 Å². The normalized spacial score (nSPS) is 10.9. The Bertz CT molecular complexity index is 1120. The summed E-state index contributed by atoms with van der Waals surface area (Å²) in [6, 6.07) is 7.10. The molecule has 0 aliphatic heterocycles. The molecule has 0 radical (unpaired) electrons. The Kier molecular flexibility index (Phi) is 8.99. The first-order valence-electron chi connectivity index (χ1n) is 9.99. The first-order chi connectivity index (χ1) is 15.3. The number of rotatable bonds is 9. The number of carbonyl (C=O) groups excluding carboxylic acids is 1. The summed E-state index contributed by atoms with van der Waals surface area (Å²) < 4.78 is 6.80. The summed E-state index contributed by atoms with van der Waals surface area (Å²) in [7, 11) is 1.47. The minimum Gasteiger partial charge on any atom is -0.507 e. The number of ether oxygens (including phenoxy) is 1. The topological polar surface area (TPSA) is 120 Å². The summed E-state index contributed by atoms with van der Waals surface area (Å²) in [6.45, 7) is 7.12. The molecule has 0 aliphatic carbocycles. The van der Waals surface area contributed by atoms with E-state index in [4.69, 9.17) is 4.74 Å². The molecule has 2 aromatic rings. The minimum absolute atomic E-state index is 0.0378. The van der Waals surface area contributed by atoms with Gasteiger partial charge in [0.2, 0.25) is 0 Å². The largest absolute Gasteiger partial charge is 0.507 e. The first-order valence-corrected chi connectivity index (χ1v) is 10.8. The van der Waals surface area contributed by atoms with Gasteiger partial charge in [-0.2, -0.15) is 10.4 Å². The van der Waals surface area contributed by atoms with E-state index in [1.807, 2.05) is 26.0 Å². The molecule has 0 saturated heterocycles. The third-order valence-electron chi connectivity index (χ3n) is 4.99. The maximum Gasteiger partial charge on any atom is 0.269 e. The van der Waals surface area contributed by atoms with Crippen molar-refractivity contribution in [3.05, 3.63) is 55.4 Å². The zero-order chi connectivity index (χ0) is 23.8. The fourth-order valence-corrected chi connectivity index (χ4v) is 3.75. The second-order valence-electron chi connectivity index (χ2n) is 6.90. The number of benzene rings is 1. The Hall–Kier alpha value is -3.16. The number of nitrogens with one attached hydrogen (secondary N) is 1. The van der Waals surface area contributed by atoms with Gasteiger partial charge in [-0.25, -0.2) is 5.43 Å². The number of phenolic OH excluding ortho intramolecular Hbond substituents is 1. The van der Waals surface area contributed by atoms with Crippen LogP contribution in [0.4, 0.5) is 5.69 Å². The number of anilines is 1. The molecule has 0 saturated carbocycles. The van der Waals surface area contributed by atoms with Crippen molar-refractivity contribution in [3.8, 4) is 11.8 Å². The van der Waals surface area contributed by atoms with E-state index < -0.39 is 11.5 Å². The molecule has 2 N–H and O–H groups in total. The smallest absolute Gasteiger partial charge is 0.269 e. The van der Waals surface area contributed by atoms with Gasteiger partial charge >= 0.3 is 0 Å². The number of amides is 1. The Morgan fingerprint density at radius 1 is 1.41 bits per heavy atom. The number of carbonyl (C=O) groups is 1. The predicted octanol–water partition coefficient (Wildman–Crippen LogP) is 2.64. The number of aromatic hydroxyl groups is 1. The van der Waals surface area contributed by atoms with Crippen molar-refractivity contribution in [2.45, 2.75) is 33.9 Å². The zero-order valence-corrected chi connectivity index (χ0v) is 20.1. The third kappa shape index (κ3) is 5.55. The Balaban J connectivity index is 2.17. The van der Waals surface area contributed by atoms with Crippen molar-refractivity contribution in [1.82, 2.24) is 9.99 Å². The lowest BCUT2D eigenvalue weighted by molar-refractivity contribution is -0.121. The molecule has 32 heavy (non-hydrogen) atoms. The van der Waals surface area contributed by atoms with Crippen LogP contribution in [0, 0.1) is 18.3 Å². The van der Waals surface area contributed by atoms with E-state index in [0.29, 0.717) is 21.3 Å². The van der Waals surface area contributed by atoms with Crippen molar-refractivity contribution in [3.63, 3.8) is 0 Å². The molecule has 0 unspecified atom stereocenters. The van der Waals surface area contributed by atoms with E-state index in [-0.39, 0.29) is 24.5 Å². The SMILES string of the molecule is CCN(CC)c1ccc(/C=N\NC(=O)Cn2c(C)c(Br)c(COC)c(C#N)c2=O)c(O)c1. The number of hydrogen-bond acceptors (Lipinski definition) is 7. The van der Waals surface area contributed by atoms with Crippen molar-refractivity contribution in [2.75, 3.05) is 25.1 Å². The van der Waals surface area contributed by atoms with E-state index in [9.17, 15) is 20.0 Å². The molecule has 170 valence electrons. The van der Waals surface area contributed by atoms with Crippen LogP contribution in [0.2, 0.25) is 0 Å². The lowest BCUT2D eigenvalue weighted by atomic mass is 10.1. The van der Waals surface area contributed by atoms with Crippen LogP contribution in [0.5, 0.6) is 5.75 Å². The second kappa shape index (κ2) is 11.5. The fraction of sp³-hybridized carbons (Fsp3) is 0.364. The van der Waals surface area contributed by atoms with Crippen molar-refractivity contribution in [2.24, 2.45) is 5.10 Å². The summed E-state index contributed by atoms with van der Waals surface area (Å²) in [5.41, 5.74) is 3.94. The summed E-state index contributed by atoms with van der Waals surface area (Å²) in [5.74, 6) is -0.517. The maximum atomic E-state index is 12.7. The van der Waals surface area contributed by atoms with Gasteiger partial charge in [0.1, 0.15) is 23.9 Å². The fourth-order valence-electron chi connectivity index (χ4n) is 3.23. The van der Waals surface area contributed by atoms with Crippen LogP contribution >= 0.6 is 15.9 Å². The van der Waals surface area contributed by atoms with Gasteiger partial charge in [0.05, 0.1) is 12.8 Å². The van der Waals surface area contributed by atoms with E-state index >= 15 is 0 Å². The summed E-state index contributed by atoms with van der Waals surface area (Å²) in [4.78, 5) is 27.1.